The van der Waals surface area contributed by atoms with E-state index in [1.165, 1.54) is 25.3 Å². The summed E-state index contributed by atoms with van der Waals surface area (Å²) in [5, 5.41) is 1.74. The first kappa shape index (κ1) is 22.1. The van der Waals surface area contributed by atoms with Gasteiger partial charge in [-0.1, -0.05) is 0 Å². The number of carbonyl (C=O) groups is 1. The smallest absolute Gasteiger partial charge is 0.471 e. The minimum absolute atomic E-state index is 0.0307. The third kappa shape index (κ3) is 6.75. The lowest BCUT2D eigenvalue weighted by atomic mass is 10.3. The molecule has 0 aromatic heterocycles. The Labute approximate surface area is 164 Å². The number of methoxy groups -OCH3 is 2. The second kappa shape index (κ2) is 9.67. The predicted molar refractivity (Wildman–Crippen MR) is 100 cm³/mol. The molecule has 0 atom stereocenters. The highest BCUT2D eigenvalue weighted by atomic mass is 79.9. The van der Waals surface area contributed by atoms with Crippen LogP contribution in [0.25, 0.3) is 0 Å². The van der Waals surface area contributed by atoms with Crippen molar-refractivity contribution in [3.8, 4) is 11.5 Å². The maximum atomic E-state index is 12.0. The fourth-order valence-electron chi connectivity index (χ4n) is 1.55. The molecule has 0 spiro atoms. The van der Waals surface area contributed by atoms with Crippen LogP contribution in [-0.4, -0.2) is 26.3 Å². The van der Waals surface area contributed by atoms with Gasteiger partial charge in [0.2, 0.25) is 0 Å². The van der Waals surface area contributed by atoms with Crippen LogP contribution in [0, 0.1) is 0 Å². The van der Waals surface area contributed by atoms with Crippen molar-refractivity contribution >= 4 is 49.1 Å². The van der Waals surface area contributed by atoms with Gasteiger partial charge in [-0.15, -0.1) is 0 Å². The monoisotopic (exact) mass is 498 g/mol. The quantitative estimate of drug-likeness (QED) is 0.583. The van der Waals surface area contributed by atoms with Crippen LogP contribution in [0.15, 0.2) is 45.3 Å². The molecule has 0 saturated heterocycles. The molecule has 3 N–H and O–H groups in total. The first-order valence-electron chi connectivity index (χ1n) is 6.89. The third-order valence-electron chi connectivity index (χ3n) is 2.89. The topological polar surface area (TPSA) is 73.6 Å². The maximum absolute atomic E-state index is 12.0. The molecule has 0 saturated carbocycles. The summed E-state index contributed by atoms with van der Waals surface area (Å²) in [6.45, 7) is 0. The summed E-state index contributed by atoms with van der Waals surface area (Å²) in [6.07, 6.45) is -4.90. The van der Waals surface area contributed by atoms with Crippen LogP contribution in [-0.2, 0) is 4.79 Å². The van der Waals surface area contributed by atoms with Gasteiger partial charge in [-0.3, -0.25) is 4.79 Å². The Kier molecular flexibility index (Phi) is 8.22. The molecule has 142 valence electrons. The molecule has 0 aliphatic carbocycles. The van der Waals surface area contributed by atoms with Crippen LogP contribution in [0.3, 0.4) is 0 Å². The molecule has 26 heavy (non-hydrogen) atoms. The molecule has 0 radical (unpaired) electrons. The second-order valence-corrected chi connectivity index (χ2v) is 6.39. The number of ether oxygens (including phenoxy) is 2. The first-order chi connectivity index (χ1) is 12.1. The standard InChI is InChI=1S/C9H7BrF3NO2.C7H8BrNO/c1-16-5-2-3-7(6(10)4-5)14-8(15)9(11,12)13;1-10-5-2-3-7(9)6(8)4-5/h2-4H,1H3,(H,14,15);2-4H,9H2,1H3. The molecule has 2 aromatic carbocycles. The van der Waals surface area contributed by atoms with Gasteiger partial charge in [-0.25, -0.2) is 0 Å². The minimum Gasteiger partial charge on any atom is -0.497 e. The van der Waals surface area contributed by atoms with Crippen LogP contribution < -0.4 is 20.5 Å². The lowest BCUT2D eigenvalue weighted by Crippen LogP contribution is -2.30. The highest BCUT2D eigenvalue weighted by Crippen LogP contribution is 2.28. The molecule has 10 heteroatoms. The molecule has 0 aliphatic heterocycles. The Bertz CT molecular complexity index is 771. The Morgan fingerprint density at radius 2 is 1.50 bits per heavy atom. The van der Waals surface area contributed by atoms with Crippen molar-refractivity contribution in [2.75, 3.05) is 25.3 Å². The van der Waals surface area contributed by atoms with Crippen molar-refractivity contribution in [2.24, 2.45) is 0 Å². The summed E-state index contributed by atoms with van der Waals surface area (Å²) in [5.41, 5.74) is 6.29. The van der Waals surface area contributed by atoms with Crippen LogP contribution in [0.1, 0.15) is 0 Å². The number of amides is 1. The van der Waals surface area contributed by atoms with Crippen molar-refractivity contribution in [1.29, 1.82) is 0 Å². The van der Waals surface area contributed by atoms with Gasteiger partial charge in [0.1, 0.15) is 11.5 Å². The number of halogens is 5. The molecule has 2 rings (SSSR count). The summed E-state index contributed by atoms with van der Waals surface area (Å²) in [5.74, 6) is -0.740. The number of benzene rings is 2. The zero-order chi connectivity index (χ0) is 19.9. The number of hydrogen-bond donors (Lipinski definition) is 2. The summed E-state index contributed by atoms with van der Waals surface area (Å²) in [4.78, 5) is 10.7. The van der Waals surface area contributed by atoms with E-state index in [0.717, 1.165) is 15.9 Å². The Hall–Kier alpha value is -1.94. The molecular formula is C16H15Br2F3N2O3. The van der Waals surface area contributed by atoms with Gasteiger partial charge in [0.15, 0.2) is 0 Å². The zero-order valence-electron chi connectivity index (χ0n) is 13.7. The molecule has 2 aromatic rings. The number of hydrogen-bond acceptors (Lipinski definition) is 4. The average Bonchev–Trinajstić information content (AvgIpc) is 2.58. The fourth-order valence-corrected chi connectivity index (χ4v) is 2.37. The number of nitrogen functional groups attached to an aromatic ring is 1. The van der Waals surface area contributed by atoms with Gasteiger partial charge in [-0.05, 0) is 68.3 Å². The van der Waals surface area contributed by atoms with E-state index < -0.39 is 12.1 Å². The van der Waals surface area contributed by atoms with Crippen molar-refractivity contribution in [1.82, 2.24) is 0 Å². The van der Waals surface area contributed by atoms with E-state index in [0.29, 0.717) is 10.2 Å². The SMILES string of the molecule is COc1ccc(N)c(Br)c1.COc1ccc(NC(=O)C(F)(F)F)c(Br)c1. The molecule has 0 aliphatic rings. The van der Waals surface area contributed by atoms with E-state index >= 15 is 0 Å². The lowest BCUT2D eigenvalue weighted by Gasteiger charge is -2.10. The van der Waals surface area contributed by atoms with Gasteiger partial charge in [0.05, 0.1) is 19.9 Å². The number of carbonyl (C=O) groups excluding carboxylic acids is 1. The molecule has 0 bridgehead atoms. The highest BCUT2D eigenvalue weighted by Gasteiger charge is 2.38. The summed E-state index contributed by atoms with van der Waals surface area (Å²) in [7, 11) is 3.05. The second-order valence-electron chi connectivity index (χ2n) is 4.69. The number of nitrogens with one attached hydrogen (secondary N) is 1. The largest absolute Gasteiger partial charge is 0.497 e. The van der Waals surface area contributed by atoms with Crippen LogP contribution in [0.2, 0.25) is 0 Å². The normalized spacial score (nSPS) is 10.4. The van der Waals surface area contributed by atoms with Crippen LogP contribution in [0.4, 0.5) is 24.5 Å². The number of anilines is 2. The minimum atomic E-state index is -4.90. The van der Waals surface area contributed by atoms with Gasteiger partial charge in [-0.2, -0.15) is 13.2 Å². The summed E-state index contributed by atoms with van der Waals surface area (Å²) < 4.78 is 46.9. The van der Waals surface area contributed by atoms with Crippen LogP contribution in [0.5, 0.6) is 11.5 Å². The van der Waals surface area contributed by atoms with E-state index in [9.17, 15) is 18.0 Å². The molecule has 5 nitrogen and oxygen atoms in total. The Morgan fingerprint density at radius 3 is 1.92 bits per heavy atom. The predicted octanol–water partition coefficient (Wildman–Crippen LogP) is 5.00. The molecule has 0 fully saturated rings. The Balaban J connectivity index is 0.000000289. The molecule has 0 unspecified atom stereocenters. The van der Waals surface area contributed by atoms with E-state index in [2.05, 4.69) is 31.9 Å². The Morgan fingerprint density at radius 1 is 1.00 bits per heavy atom. The van der Waals surface area contributed by atoms with E-state index in [-0.39, 0.29) is 5.69 Å². The van der Waals surface area contributed by atoms with E-state index in [1.807, 2.05) is 12.1 Å². The van der Waals surface area contributed by atoms with Crippen molar-refractivity contribution in [2.45, 2.75) is 6.18 Å². The van der Waals surface area contributed by atoms with E-state index in [1.54, 1.807) is 18.5 Å². The molecule has 0 heterocycles. The average molecular weight is 500 g/mol. The molecular weight excluding hydrogens is 485 g/mol. The highest BCUT2D eigenvalue weighted by molar-refractivity contribution is 9.11. The summed E-state index contributed by atoms with van der Waals surface area (Å²) >= 11 is 6.30. The number of alkyl halides is 3. The van der Waals surface area contributed by atoms with Crippen LogP contribution >= 0.6 is 31.9 Å². The number of rotatable bonds is 3. The van der Waals surface area contributed by atoms with Crippen molar-refractivity contribution in [3.05, 3.63) is 45.3 Å². The van der Waals surface area contributed by atoms with Gasteiger partial charge >= 0.3 is 12.1 Å². The number of nitrogens with two attached hydrogens (primary N) is 1. The van der Waals surface area contributed by atoms with Gasteiger partial charge in [0.25, 0.3) is 0 Å². The maximum Gasteiger partial charge on any atom is 0.471 e. The van der Waals surface area contributed by atoms with Crippen molar-refractivity contribution in [3.63, 3.8) is 0 Å². The van der Waals surface area contributed by atoms with Crippen molar-refractivity contribution < 1.29 is 27.4 Å². The van der Waals surface area contributed by atoms with Gasteiger partial charge < -0.3 is 20.5 Å². The zero-order valence-corrected chi connectivity index (χ0v) is 16.8. The fraction of sp³-hybridized carbons (Fsp3) is 0.188. The lowest BCUT2D eigenvalue weighted by molar-refractivity contribution is -0.167. The molecule has 1 amide bonds. The summed E-state index contributed by atoms with van der Waals surface area (Å²) in [6, 6.07) is 9.65. The van der Waals surface area contributed by atoms with Gasteiger partial charge in [0, 0.05) is 14.6 Å². The van der Waals surface area contributed by atoms with E-state index in [4.69, 9.17) is 15.2 Å². The first-order valence-corrected chi connectivity index (χ1v) is 8.47. The third-order valence-corrected chi connectivity index (χ3v) is 4.23.